The molecule has 0 unspecified atom stereocenters. The smallest absolute Gasteiger partial charge is 0.488 e. The van der Waals surface area contributed by atoms with Crippen LogP contribution in [0.2, 0.25) is 5.02 Å². The maximum atomic E-state index is 13.4. The maximum absolute atomic E-state index is 13.4. The Labute approximate surface area is 121 Å². The van der Waals surface area contributed by atoms with Crippen LogP contribution in [0.5, 0.6) is 5.75 Å². The summed E-state index contributed by atoms with van der Waals surface area (Å²) >= 11 is 5.88. The summed E-state index contributed by atoms with van der Waals surface area (Å²) in [6, 6.07) is 9.09. The zero-order valence-corrected chi connectivity index (χ0v) is 11.6. The average Bonchev–Trinajstić information content (AvgIpc) is 2.39. The molecule has 2 rings (SSSR count). The molecule has 0 aliphatic heterocycles. The molecular formula is C14H13BClFO3. The van der Waals surface area contributed by atoms with Gasteiger partial charge in [0, 0.05) is 5.02 Å². The van der Waals surface area contributed by atoms with Crippen LogP contribution in [0.15, 0.2) is 36.4 Å². The Kier molecular flexibility index (Phi) is 4.65. The molecule has 0 radical (unpaired) electrons. The zero-order chi connectivity index (χ0) is 14.7. The first-order valence-electron chi connectivity index (χ1n) is 6.00. The molecule has 2 aromatic rings. The summed E-state index contributed by atoms with van der Waals surface area (Å²) in [4.78, 5) is 0. The first-order chi connectivity index (χ1) is 9.45. The fourth-order valence-electron chi connectivity index (χ4n) is 1.80. The quantitative estimate of drug-likeness (QED) is 0.849. The number of hydrogen-bond donors (Lipinski definition) is 2. The third-order valence-electron chi connectivity index (χ3n) is 2.82. The fourth-order valence-corrected chi connectivity index (χ4v) is 1.96. The first-order valence-corrected chi connectivity index (χ1v) is 6.38. The minimum absolute atomic E-state index is 0.0893. The minimum atomic E-state index is -1.71. The Balaban J connectivity index is 2.16. The Bertz CT molecular complexity index is 619. The van der Waals surface area contributed by atoms with Crippen molar-refractivity contribution in [2.24, 2.45) is 0 Å². The van der Waals surface area contributed by atoms with Crippen molar-refractivity contribution in [2.75, 3.05) is 0 Å². The van der Waals surface area contributed by atoms with Crippen LogP contribution >= 0.6 is 11.6 Å². The third-order valence-corrected chi connectivity index (χ3v) is 3.06. The second-order valence-electron chi connectivity index (χ2n) is 4.46. The average molecular weight is 295 g/mol. The van der Waals surface area contributed by atoms with Gasteiger partial charge in [-0.25, -0.2) is 4.39 Å². The van der Waals surface area contributed by atoms with Crippen molar-refractivity contribution in [1.29, 1.82) is 0 Å². The van der Waals surface area contributed by atoms with Crippen molar-refractivity contribution in [3.05, 3.63) is 58.4 Å². The molecule has 0 saturated heterocycles. The highest BCUT2D eigenvalue weighted by atomic mass is 35.5. The Morgan fingerprint density at radius 1 is 1.20 bits per heavy atom. The lowest BCUT2D eigenvalue weighted by atomic mass is 9.79. The van der Waals surface area contributed by atoms with Gasteiger partial charge >= 0.3 is 7.12 Å². The van der Waals surface area contributed by atoms with Gasteiger partial charge in [-0.15, -0.1) is 0 Å². The molecule has 0 heterocycles. The molecule has 0 aromatic heterocycles. The summed E-state index contributed by atoms with van der Waals surface area (Å²) in [6.45, 7) is 1.98. The zero-order valence-electron chi connectivity index (χ0n) is 10.8. The van der Waals surface area contributed by atoms with Crippen molar-refractivity contribution < 1.29 is 19.2 Å². The van der Waals surface area contributed by atoms with Crippen LogP contribution in [0.3, 0.4) is 0 Å². The lowest BCUT2D eigenvalue weighted by molar-refractivity contribution is 0.303. The van der Waals surface area contributed by atoms with Gasteiger partial charge in [0.25, 0.3) is 0 Å². The van der Waals surface area contributed by atoms with E-state index < -0.39 is 12.9 Å². The number of benzene rings is 2. The first kappa shape index (κ1) is 14.8. The van der Waals surface area contributed by atoms with Crippen molar-refractivity contribution in [1.82, 2.24) is 0 Å². The highest BCUT2D eigenvalue weighted by molar-refractivity contribution is 6.58. The summed E-state index contributed by atoms with van der Waals surface area (Å²) in [5.74, 6) is 0.0601. The molecule has 0 fully saturated rings. The molecule has 2 N–H and O–H groups in total. The van der Waals surface area contributed by atoms with Gasteiger partial charge in [-0.2, -0.15) is 0 Å². The van der Waals surface area contributed by atoms with Crippen molar-refractivity contribution in [3.63, 3.8) is 0 Å². The summed E-state index contributed by atoms with van der Waals surface area (Å²) in [5.41, 5.74) is 1.51. The van der Waals surface area contributed by atoms with E-state index in [1.807, 2.05) is 13.0 Å². The van der Waals surface area contributed by atoms with Crippen LogP contribution in [-0.2, 0) is 6.61 Å². The van der Waals surface area contributed by atoms with Crippen molar-refractivity contribution in [2.45, 2.75) is 13.5 Å². The van der Waals surface area contributed by atoms with Crippen molar-refractivity contribution >= 4 is 24.2 Å². The van der Waals surface area contributed by atoms with Gasteiger partial charge in [0.05, 0.1) is 0 Å². The molecule has 104 valence electrons. The second-order valence-corrected chi connectivity index (χ2v) is 4.90. The Hall–Kier alpha value is -1.56. The molecule has 2 aromatic carbocycles. The number of halogens is 2. The molecule has 6 heteroatoms. The number of hydrogen-bond acceptors (Lipinski definition) is 3. The van der Waals surface area contributed by atoms with E-state index in [4.69, 9.17) is 26.4 Å². The molecule has 0 saturated carbocycles. The van der Waals surface area contributed by atoms with Crippen LogP contribution in [0.4, 0.5) is 4.39 Å². The van der Waals surface area contributed by atoms with Crippen LogP contribution in [0.25, 0.3) is 0 Å². The molecule has 20 heavy (non-hydrogen) atoms. The van der Waals surface area contributed by atoms with Gasteiger partial charge in [-0.1, -0.05) is 23.7 Å². The Morgan fingerprint density at radius 3 is 2.65 bits per heavy atom. The molecule has 0 amide bonds. The summed E-state index contributed by atoms with van der Waals surface area (Å²) < 4.78 is 18.9. The molecule has 0 aliphatic carbocycles. The molecule has 0 aliphatic rings. The highest BCUT2D eigenvalue weighted by Crippen LogP contribution is 2.23. The molecule has 0 spiro atoms. The van der Waals surface area contributed by atoms with E-state index in [1.165, 1.54) is 12.1 Å². The topological polar surface area (TPSA) is 49.7 Å². The van der Waals surface area contributed by atoms with E-state index >= 15 is 0 Å². The lowest BCUT2D eigenvalue weighted by Gasteiger charge is -2.11. The summed E-state index contributed by atoms with van der Waals surface area (Å²) in [5, 5.41) is 18.7. The summed E-state index contributed by atoms with van der Waals surface area (Å²) in [7, 11) is -1.71. The van der Waals surface area contributed by atoms with Gasteiger partial charge < -0.3 is 14.8 Å². The number of rotatable bonds is 4. The number of aryl methyl sites for hydroxylation is 1. The third kappa shape index (κ3) is 3.73. The second kappa shape index (κ2) is 6.26. The predicted octanol–water partition coefficient (Wildman–Crippen LogP) is 2.05. The van der Waals surface area contributed by atoms with E-state index in [9.17, 15) is 4.39 Å². The van der Waals surface area contributed by atoms with Crippen LogP contribution in [-0.4, -0.2) is 17.2 Å². The van der Waals surface area contributed by atoms with Crippen LogP contribution in [0.1, 0.15) is 11.1 Å². The minimum Gasteiger partial charge on any atom is -0.489 e. The largest absolute Gasteiger partial charge is 0.489 e. The normalized spacial score (nSPS) is 10.4. The van der Waals surface area contributed by atoms with E-state index in [0.29, 0.717) is 16.3 Å². The lowest BCUT2D eigenvalue weighted by Crippen LogP contribution is -2.30. The standard InChI is InChI=1S/C14H13BClFO3/c1-9-2-3-12(16)7-14(9)20-8-10-4-11(15(18)19)6-13(17)5-10/h2-7,18-19H,8H2,1H3. The fraction of sp³-hybridized carbons (Fsp3) is 0.143. The van der Waals surface area contributed by atoms with E-state index in [1.54, 1.807) is 12.1 Å². The van der Waals surface area contributed by atoms with Gasteiger partial charge in [0.15, 0.2) is 0 Å². The number of ether oxygens (including phenoxy) is 1. The molecule has 0 atom stereocenters. The summed E-state index contributed by atoms with van der Waals surface area (Å²) in [6.07, 6.45) is 0. The van der Waals surface area contributed by atoms with Gasteiger partial charge in [0.1, 0.15) is 18.2 Å². The molecule has 0 bridgehead atoms. The SMILES string of the molecule is Cc1ccc(Cl)cc1OCc1cc(F)cc(B(O)O)c1. The van der Waals surface area contributed by atoms with Gasteiger partial charge in [-0.05, 0) is 47.8 Å². The molecule has 3 nitrogen and oxygen atoms in total. The van der Waals surface area contributed by atoms with E-state index in [0.717, 1.165) is 11.6 Å². The van der Waals surface area contributed by atoms with Crippen LogP contribution < -0.4 is 10.2 Å². The highest BCUT2D eigenvalue weighted by Gasteiger charge is 2.13. The van der Waals surface area contributed by atoms with Crippen LogP contribution in [0, 0.1) is 12.7 Å². The monoisotopic (exact) mass is 294 g/mol. The van der Waals surface area contributed by atoms with Gasteiger partial charge in [0.2, 0.25) is 0 Å². The van der Waals surface area contributed by atoms with E-state index in [2.05, 4.69) is 0 Å². The predicted molar refractivity (Wildman–Crippen MR) is 76.7 cm³/mol. The van der Waals surface area contributed by atoms with Gasteiger partial charge in [-0.3, -0.25) is 0 Å². The maximum Gasteiger partial charge on any atom is 0.488 e. The van der Waals surface area contributed by atoms with Crippen molar-refractivity contribution in [3.8, 4) is 5.75 Å². The Morgan fingerprint density at radius 2 is 1.95 bits per heavy atom. The van der Waals surface area contributed by atoms with E-state index in [-0.39, 0.29) is 12.1 Å². The molecular weight excluding hydrogens is 281 g/mol.